The lowest BCUT2D eigenvalue weighted by molar-refractivity contribution is 0.549. The third-order valence-electron chi connectivity index (χ3n) is 3.19. The van der Waals surface area contributed by atoms with Crippen molar-refractivity contribution in [3.8, 4) is 5.13 Å². The van der Waals surface area contributed by atoms with Crippen LogP contribution in [0.5, 0.6) is 0 Å². The molecule has 0 amide bonds. The van der Waals surface area contributed by atoms with Gasteiger partial charge in [-0.1, -0.05) is 0 Å². The van der Waals surface area contributed by atoms with Crippen LogP contribution in [0.2, 0.25) is 0 Å². The summed E-state index contributed by atoms with van der Waals surface area (Å²) in [5.41, 5.74) is 8.42. The van der Waals surface area contributed by atoms with E-state index >= 15 is 0 Å². The Morgan fingerprint density at radius 3 is 3.25 bits per heavy atom. The van der Waals surface area contributed by atoms with Crippen LogP contribution >= 0.6 is 11.3 Å². The van der Waals surface area contributed by atoms with Gasteiger partial charge in [-0.25, -0.2) is 9.67 Å². The number of hydrogen-bond acceptors (Lipinski definition) is 4. The molecule has 2 N–H and O–H groups in total. The summed E-state index contributed by atoms with van der Waals surface area (Å²) in [6.45, 7) is 0.719. The van der Waals surface area contributed by atoms with Gasteiger partial charge in [0, 0.05) is 11.6 Å². The van der Waals surface area contributed by atoms with E-state index < -0.39 is 0 Å². The second-order valence-electron chi connectivity index (χ2n) is 4.10. The van der Waals surface area contributed by atoms with Gasteiger partial charge >= 0.3 is 0 Å². The monoisotopic (exact) mass is 234 g/mol. The molecule has 0 saturated carbocycles. The summed E-state index contributed by atoms with van der Waals surface area (Å²) in [5.74, 6) is 0.484. The molecule has 2 heterocycles. The lowest BCUT2D eigenvalue weighted by atomic mass is 9.87. The van der Waals surface area contributed by atoms with Crippen molar-refractivity contribution in [3.63, 3.8) is 0 Å². The Morgan fingerprint density at radius 1 is 1.56 bits per heavy atom. The first-order valence-corrected chi connectivity index (χ1v) is 6.45. The topological polar surface area (TPSA) is 56.7 Å². The molecule has 16 heavy (non-hydrogen) atoms. The van der Waals surface area contributed by atoms with Crippen molar-refractivity contribution in [3.05, 3.63) is 29.0 Å². The Bertz CT molecular complexity index is 474. The minimum Gasteiger partial charge on any atom is -0.330 e. The summed E-state index contributed by atoms with van der Waals surface area (Å²) in [7, 11) is 0. The van der Waals surface area contributed by atoms with Gasteiger partial charge in [0.2, 0.25) is 5.13 Å². The molecule has 1 atom stereocenters. The maximum absolute atomic E-state index is 5.80. The highest BCUT2D eigenvalue weighted by atomic mass is 32.1. The Labute approximate surface area is 98.1 Å². The zero-order valence-corrected chi connectivity index (χ0v) is 9.78. The van der Waals surface area contributed by atoms with Crippen LogP contribution in [0.4, 0.5) is 0 Å². The van der Waals surface area contributed by atoms with Crippen LogP contribution in [0.1, 0.15) is 30.0 Å². The van der Waals surface area contributed by atoms with Crippen LogP contribution in [0.3, 0.4) is 0 Å². The van der Waals surface area contributed by atoms with Crippen LogP contribution in [0.15, 0.2) is 17.8 Å². The smallest absolute Gasteiger partial charge is 0.210 e. The highest BCUT2D eigenvalue weighted by Crippen LogP contribution is 2.32. The van der Waals surface area contributed by atoms with Gasteiger partial charge in [-0.15, -0.1) is 11.3 Å². The Balaban J connectivity index is 2.06. The largest absolute Gasteiger partial charge is 0.330 e. The third-order valence-corrected chi connectivity index (χ3v) is 3.94. The fraction of sp³-hybridized carbons (Fsp3) is 0.455. The van der Waals surface area contributed by atoms with Gasteiger partial charge in [0.15, 0.2) is 0 Å². The van der Waals surface area contributed by atoms with Crippen LogP contribution in [-0.4, -0.2) is 21.3 Å². The SMILES string of the molecule is NCC1CCCc2c1cnn2-c1nccs1. The van der Waals surface area contributed by atoms with Crippen LogP contribution < -0.4 is 5.73 Å². The van der Waals surface area contributed by atoms with E-state index in [9.17, 15) is 0 Å². The molecule has 0 fully saturated rings. The molecule has 2 aromatic heterocycles. The molecular weight excluding hydrogens is 220 g/mol. The standard InChI is InChI=1S/C11H14N4S/c12-6-8-2-1-3-10-9(8)7-14-15(10)11-13-4-5-16-11/h4-5,7-8H,1-3,6,12H2. The van der Waals surface area contributed by atoms with E-state index in [2.05, 4.69) is 10.1 Å². The van der Waals surface area contributed by atoms with Crippen molar-refractivity contribution in [2.45, 2.75) is 25.2 Å². The second-order valence-corrected chi connectivity index (χ2v) is 4.97. The summed E-state index contributed by atoms with van der Waals surface area (Å²) in [5, 5.41) is 7.38. The first kappa shape index (κ1) is 9.99. The average Bonchev–Trinajstić information content (AvgIpc) is 2.96. The Kier molecular flexibility index (Phi) is 2.49. The predicted octanol–water partition coefficient (Wildman–Crippen LogP) is 1.71. The molecule has 1 aliphatic rings. The summed E-state index contributed by atoms with van der Waals surface area (Å²) in [4.78, 5) is 4.31. The van der Waals surface area contributed by atoms with Gasteiger partial charge in [-0.3, -0.25) is 0 Å². The number of nitrogens with zero attached hydrogens (tertiary/aromatic N) is 3. The summed E-state index contributed by atoms with van der Waals surface area (Å²) < 4.78 is 1.97. The number of hydrogen-bond donors (Lipinski definition) is 1. The first-order valence-electron chi connectivity index (χ1n) is 5.57. The van der Waals surface area contributed by atoms with E-state index in [0.29, 0.717) is 5.92 Å². The minimum atomic E-state index is 0.484. The molecule has 3 rings (SSSR count). The normalized spacial score (nSPS) is 19.7. The van der Waals surface area contributed by atoms with Crippen molar-refractivity contribution >= 4 is 11.3 Å². The van der Waals surface area contributed by atoms with Crippen molar-refractivity contribution in [1.82, 2.24) is 14.8 Å². The Hall–Kier alpha value is -1.20. The molecule has 84 valence electrons. The molecular formula is C11H14N4S. The van der Waals surface area contributed by atoms with E-state index in [1.165, 1.54) is 24.1 Å². The van der Waals surface area contributed by atoms with E-state index in [0.717, 1.165) is 18.1 Å². The minimum absolute atomic E-state index is 0.484. The van der Waals surface area contributed by atoms with E-state index in [1.807, 2.05) is 22.5 Å². The number of rotatable bonds is 2. The lowest BCUT2D eigenvalue weighted by Gasteiger charge is -2.21. The van der Waals surface area contributed by atoms with Gasteiger partial charge in [0.1, 0.15) is 0 Å². The van der Waals surface area contributed by atoms with Crippen LogP contribution in [-0.2, 0) is 6.42 Å². The number of nitrogens with two attached hydrogens (primary N) is 1. The zero-order valence-electron chi connectivity index (χ0n) is 8.97. The first-order chi connectivity index (χ1) is 7.90. The molecule has 0 spiro atoms. The lowest BCUT2D eigenvalue weighted by Crippen LogP contribution is -2.18. The van der Waals surface area contributed by atoms with Gasteiger partial charge in [0.05, 0.1) is 11.9 Å². The number of aromatic nitrogens is 3. The van der Waals surface area contributed by atoms with Crippen molar-refractivity contribution < 1.29 is 0 Å². The van der Waals surface area contributed by atoms with Crippen molar-refractivity contribution in [1.29, 1.82) is 0 Å². The van der Waals surface area contributed by atoms with Gasteiger partial charge < -0.3 is 5.73 Å². The molecule has 4 nitrogen and oxygen atoms in total. The predicted molar refractivity (Wildman–Crippen MR) is 64.0 cm³/mol. The van der Waals surface area contributed by atoms with Gasteiger partial charge in [0.25, 0.3) is 0 Å². The maximum Gasteiger partial charge on any atom is 0.210 e. The second kappa shape index (κ2) is 3.99. The van der Waals surface area contributed by atoms with Gasteiger partial charge in [-0.05, 0) is 37.3 Å². The van der Waals surface area contributed by atoms with Crippen molar-refractivity contribution in [2.75, 3.05) is 6.54 Å². The van der Waals surface area contributed by atoms with E-state index in [1.54, 1.807) is 11.3 Å². The molecule has 0 bridgehead atoms. The molecule has 0 saturated heterocycles. The zero-order chi connectivity index (χ0) is 11.0. The molecule has 1 unspecified atom stereocenters. The summed E-state index contributed by atoms with van der Waals surface area (Å²) in [6.07, 6.45) is 7.26. The fourth-order valence-electron chi connectivity index (χ4n) is 2.38. The van der Waals surface area contributed by atoms with Gasteiger partial charge in [-0.2, -0.15) is 5.10 Å². The summed E-state index contributed by atoms with van der Waals surface area (Å²) in [6, 6.07) is 0. The molecule has 0 aromatic carbocycles. The van der Waals surface area contributed by atoms with E-state index in [-0.39, 0.29) is 0 Å². The third kappa shape index (κ3) is 1.47. The van der Waals surface area contributed by atoms with E-state index in [4.69, 9.17) is 5.73 Å². The average molecular weight is 234 g/mol. The van der Waals surface area contributed by atoms with Crippen molar-refractivity contribution in [2.24, 2.45) is 5.73 Å². The number of fused-ring (bicyclic) bond motifs is 1. The highest BCUT2D eigenvalue weighted by Gasteiger charge is 2.24. The number of thiazole rings is 1. The fourth-order valence-corrected chi connectivity index (χ4v) is 3.00. The maximum atomic E-state index is 5.80. The summed E-state index contributed by atoms with van der Waals surface area (Å²) >= 11 is 1.62. The molecule has 2 aromatic rings. The quantitative estimate of drug-likeness (QED) is 0.860. The molecule has 0 aliphatic heterocycles. The van der Waals surface area contributed by atoms with Crippen LogP contribution in [0, 0.1) is 0 Å². The Morgan fingerprint density at radius 2 is 2.50 bits per heavy atom. The molecule has 1 aliphatic carbocycles. The molecule has 0 radical (unpaired) electrons. The molecule has 5 heteroatoms. The van der Waals surface area contributed by atoms with Crippen LogP contribution in [0.25, 0.3) is 5.13 Å². The highest BCUT2D eigenvalue weighted by molar-refractivity contribution is 7.12.